The summed E-state index contributed by atoms with van der Waals surface area (Å²) >= 11 is 0. The molecule has 1 aromatic rings. The molecule has 0 atom stereocenters. The van der Waals surface area contributed by atoms with Crippen molar-refractivity contribution in [2.24, 2.45) is 10.9 Å². The third kappa shape index (κ3) is 2.81. The lowest BCUT2D eigenvalue weighted by atomic mass is 10.1. The lowest BCUT2D eigenvalue weighted by molar-refractivity contribution is 0.247. The SMILES string of the molecule is Cc1cc(C)c(C(N)=NO)c(N2CCN(C3CC3)CC2)n1. The topological polar surface area (TPSA) is 78.0 Å². The molecular weight excluding hydrogens is 266 g/mol. The minimum Gasteiger partial charge on any atom is -0.409 e. The molecule has 3 rings (SSSR count). The Labute approximate surface area is 125 Å². The summed E-state index contributed by atoms with van der Waals surface area (Å²) in [4.78, 5) is 9.46. The molecular formula is C15H23N5O. The van der Waals surface area contributed by atoms with E-state index in [0.29, 0.717) is 0 Å². The summed E-state index contributed by atoms with van der Waals surface area (Å²) < 4.78 is 0. The average Bonchev–Trinajstić information content (AvgIpc) is 3.30. The minimum atomic E-state index is 0.139. The van der Waals surface area contributed by atoms with Gasteiger partial charge < -0.3 is 15.8 Å². The summed E-state index contributed by atoms with van der Waals surface area (Å²) in [6, 6.07) is 2.78. The van der Waals surface area contributed by atoms with Crippen molar-refractivity contribution in [1.82, 2.24) is 9.88 Å². The van der Waals surface area contributed by atoms with Gasteiger partial charge in [-0.3, -0.25) is 4.90 Å². The predicted octanol–water partition coefficient (Wildman–Crippen LogP) is 1.08. The largest absolute Gasteiger partial charge is 0.409 e. The van der Waals surface area contributed by atoms with Gasteiger partial charge in [-0.2, -0.15) is 0 Å². The number of piperazine rings is 1. The van der Waals surface area contributed by atoms with E-state index in [1.165, 1.54) is 12.8 Å². The zero-order valence-electron chi connectivity index (χ0n) is 12.7. The highest BCUT2D eigenvalue weighted by atomic mass is 16.4. The van der Waals surface area contributed by atoms with Crippen LogP contribution in [0.15, 0.2) is 11.2 Å². The number of hydrogen-bond acceptors (Lipinski definition) is 5. The third-order valence-corrected chi connectivity index (χ3v) is 4.37. The molecule has 2 heterocycles. The van der Waals surface area contributed by atoms with E-state index in [1.807, 2.05) is 19.9 Å². The van der Waals surface area contributed by atoms with Gasteiger partial charge in [0, 0.05) is 37.9 Å². The smallest absolute Gasteiger partial charge is 0.174 e. The van der Waals surface area contributed by atoms with Crippen molar-refractivity contribution in [3.63, 3.8) is 0 Å². The van der Waals surface area contributed by atoms with Crippen LogP contribution in [0.4, 0.5) is 5.82 Å². The Kier molecular flexibility index (Phi) is 3.71. The number of amidine groups is 1. The van der Waals surface area contributed by atoms with E-state index in [0.717, 1.165) is 54.9 Å². The Morgan fingerprint density at radius 2 is 1.95 bits per heavy atom. The summed E-state index contributed by atoms with van der Waals surface area (Å²) in [5, 5.41) is 12.2. The number of rotatable bonds is 3. The minimum absolute atomic E-state index is 0.139. The van der Waals surface area contributed by atoms with Gasteiger partial charge in [-0.15, -0.1) is 0 Å². The average molecular weight is 289 g/mol. The normalized spacial score (nSPS) is 20.9. The first-order chi connectivity index (χ1) is 10.1. The van der Waals surface area contributed by atoms with Gasteiger partial charge in [-0.05, 0) is 38.3 Å². The summed E-state index contributed by atoms with van der Waals surface area (Å²) in [5.41, 5.74) is 8.57. The molecule has 2 fully saturated rings. The molecule has 6 nitrogen and oxygen atoms in total. The highest BCUT2D eigenvalue weighted by molar-refractivity contribution is 6.02. The summed E-state index contributed by atoms with van der Waals surface area (Å²) in [5.74, 6) is 0.984. The Balaban J connectivity index is 1.87. The van der Waals surface area contributed by atoms with Crippen LogP contribution in [0.5, 0.6) is 0 Å². The fourth-order valence-electron chi connectivity index (χ4n) is 3.15. The maximum absolute atomic E-state index is 9.04. The van der Waals surface area contributed by atoms with Crippen molar-refractivity contribution in [3.05, 3.63) is 22.9 Å². The van der Waals surface area contributed by atoms with Gasteiger partial charge in [0.1, 0.15) is 5.82 Å². The fourth-order valence-corrected chi connectivity index (χ4v) is 3.15. The molecule has 0 radical (unpaired) electrons. The first-order valence-electron chi connectivity index (χ1n) is 7.55. The molecule has 114 valence electrons. The molecule has 3 N–H and O–H groups in total. The Bertz CT molecular complexity index is 559. The van der Waals surface area contributed by atoms with Gasteiger partial charge in [0.25, 0.3) is 0 Å². The van der Waals surface area contributed by atoms with Gasteiger partial charge in [0.15, 0.2) is 5.84 Å². The van der Waals surface area contributed by atoms with Crippen LogP contribution in [0.1, 0.15) is 29.7 Å². The maximum Gasteiger partial charge on any atom is 0.174 e. The van der Waals surface area contributed by atoms with Crippen LogP contribution in [0.2, 0.25) is 0 Å². The van der Waals surface area contributed by atoms with E-state index in [-0.39, 0.29) is 5.84 Å². The zero-order chi connectivity index (χ0) is 15.0. The van der Waals surface area contributed by atoms with Crippen LogP contribution in [0, 0.1) is 13.8 Å². The van der Waals surface area contributed by atoms with Crippen LogP contribution >= 0.6 is 0 Å². The number of pyridine rings is 1. The molecule has 0 spiro atoms. The number of nitrogens with two attached hydrogens (primary N) is 1. The van der Waals surface area contributed by atoms with Crippen molar-refractivity contribution in [2.75, 3.05) is 31.1 Å². The molecule has 1 saturated heterocycles. The van der Waals surface area contributed by atoms with Crippen LogP contribution in [-0.2, 0) is 0 Å². The Morgan fingerprint density at radius 1 is 1.29 bits per heavy atom. The number of aromatic nitrogens is 1. The van der Waals surface area contributed by atoms with Gasteiger partial charge in [-0.1, -0.05) is 5.16 Å². The van der Waals surface area contributed by atoms with Crippen molar-refractivity contribution in [1.29, 1.82) is 0 Å². The molecule has 2 aliphatic rings. The van der Waals surface area contributed by atoms with E-state index >= 15 is 0 Å². The molecule has 21 heavy (non-hydrogen) atoms. The summed E-state index contributed by atoms with van der Waals surface area (Å²) in [7, 11) is 0. The van der Waals surface area contributed by atoms with Crippen LogP contribution < -0.4 is 10.6 Å². The maximum atomic E-state index is 9.04. The summed E-state index contributed by atoms with van der Waals surface area (Å²) in [6.45, 7) is 7.97. The molecule has 0 amide bonds. The molecule has 0 bridgehead atoms. The van der Waals surface area contributed by atoms with E-state index in [9.17, 15) is 0 Å². The highest BCUT2D eigenvalue weighted by Gasteiger charge is 2.32. The number of hydrogen-bond donors (Lipinski definition) is 2. The first-order valence-corrected chi connectivity index (χ1v) is 7.55. The highest BCUT2D eigenvalue weighted by Crippen LogP contribution is 2.29. The van der Waals surface area contributed by atoms with Crippen LogP contribution in [-0.4, -0.2) is 53.1 Å². The first kappa shape index (κ1) is 14.1. The van der Waals surface area contributed by atoms with Crippen molar-refractivity contribution in [2.45, 2.75) is 32.7 Å². The monoisotopic (exact) mass is 289 g/mol. The van der Waals surface area contributed by atoms with Gasteiger partial charge >= 0.3 is 0 Å². The van der Waals surface area contributed by atoms with Crippen molar-refractivity contribution in [3.8, 4) is 0 Å². The Hall–Kier alpha value is -1.82. The second-order valence-electron chi connectivity index (χ2n) is 6.02. The molecule has 1 aromatic heterocycles. The molecule has 1 aliphatic carbocycles. The summed E-state index contributed by atoms with van der Waals surface area (Å²) in [6.07, 6.45) is 2.69. The quantitative estimate of drug-likeness (QED) is 0.377. The number of anilines is 1. The predicted molar refractivity (Wildman–Crippen MR) is 83.0 cm³/mol. The van der Waals surface area contributed by atoms with Gasteiger partial charge in [-0.25, -0.2) is 4.98 Å². The van der Waals surface area contributed by atoms with E-state index in [2.05, 4.69) is 19.9 Å². The lowest BCUT2D eigenvalue weighted by Gasteiger charge is -2.36. The molecule has 0 aromatic carbocycles. The van der Waals surface area contributed by atoms with Gasteiger partial charge in [0.05, 0.1) is 5.56 Å². The lowest BCUT2D eigenvalue weighted by Crippen LogP contribution is -2.48. The van der Waals surface area contributed by atoms with Crippen LogP contribution in [0.3, 0.4) is 0 Å². The van der Waals surface area contributed by atoms with E-state index in [4.69, 9.17) is 10.9 Å². The second-order valence-corrected chi connectivity index (χ2v) is 6.02. The molecule has 1 saturated carbocycles. The second kappa shape index (κ2) is 5.52. The van der Waals surface area contributed by atoms with Crippen molar-refractivity contribution < 1.29 is 5.21 Å². The molecule has 1 aliphatic heterocycles. The van der Waals surface area contributed by atoms with E-state index in [1.54, 1.807) is 0 Å². The van der Waals surface area contributed by atoms with Gasteiger partial charge in [0.2, 0.25) is 0 Å². The Morgan fingerprint density at radius 3 is 2.52 bits per heavy atom. The van der Waals surface area contributed by atoms with E-state index < -0.39 is 0 Å². The zero-order valence-corrected chi connectivity index (χ0v) is 12.7. The third-order valence-electron chi connectivity index (χ3n) is 4.37. The molecule has 6 heteroatoms. The molecule has 0 unspecified atom stereocenters. The number of oxime groups is 1. The number of nitrogens with zero attached hydrogens (tertiary/aromatic N) is 4. The van der Waals surface area contributed by atoms with Crippen LogP contribution in [0.25, 0.3) is 0 Å². The standard InChI is InChI=1S/C15H23N5O/c1-10-9-11(2)17-15(13(10)14(16)18-21)20-7-5-19(6-8-20)12-3-4-12/h9,12,21H,3-8H2,1-2H3,(H2,16,18). The number of aryl methyl sites for hydroxylation is 2. The fraction of sp³-hybridized carbons (Fsp3) is 0.600. The van der Waals surface area contributed by atoms with Crippen molar-refractivity contribution >= 4 is 11.7 Å².